The van der Waals surface area contributed by atoms with Gasteiger partial charge in [0, 0.05) is 36.4 Å². The minimum absolute atomic E-state index is 0.460. The Kier molecular flexibility index (Phi) is 6.57. The zero-order valence-electron chi connectivity index (χ0n) is 18.9. The van der Waals surface area contributed by atoms with Crippen molar-refractivity contribution in [2.75, 3.05) is 32.0 Å². The highest BCUT2D eigenvalue weighted by Crippen LogP contribution is 2.26. The van der Waals surface area contributed by atoms with Crippen molar-refractivity contribution >= 4 is 22.7 Å². The summed E-state index contributed by atoms with van der Waals surface area (Å²) in [5, 5.41) is 1.08. The van der Waals surface area contributed by atoms with Gasteiger partial charge in [0.05, 0.1) is 5.52 Å². The van der Waals surface area contributed by atoms with Crippen molar-refractivity contribution in [3.05, 3.63) is 70.9 Å². The van der Waals surface area contributed by atoms with E-state index in [0.717, 1.165) is 60.5 Å². The topological polar surface area (TPSA) is 51.4 Å². The maximum Gasteiger partial charge on any atom is 0.128 e. The van der Waals surface area contributed by atoms with Gasteiger partial charge in [-0.05, 0) is 67.1 Å². The van der Waals surface area contributed by atoms with Crippen LogP contribution in [0.3, 0.4) is 0 Å². The molecule has 1 fully saturated rings. The van der Waals surface area contributed by atoms with Crippen LogP contribution in [-0.2, 0) is 0 Å². The molecule has 0 bridgehead atoms. The van der Waals surface area contributed by atoms with E-state index in [1.807, 2.05) is 31.2 Å². The highest BCUT2D eigenvalue weighted by Gasteiger charge is 2.14. The van der Waals surface area contributed by atoms with Gasteiger partial charge in [-0.1, -0.05) is 43.7 Å². The molecule has 0 radical (unpaired) electrons. The van der Waals surface area contributed by atoms with Gasteiger partial charge in [-0.3, -0.25) is 9.88 Å². The molecule has 0 spiro atoms. The number of hydrogen-bond acceptors (Lipinski definition) is 4. The first-order valence-electron chi connectivity index (χ1n) is 11.3. The molecule has 0 unspecified atom stereocenters. The number of nitrogens with zero attached hydrogens (tertiary/aromatic N) is 2. The number of nitrogen functional groups attached to an aromatic ring is 1. The summed E-state index contributed by atoms with van der Waals surface area (Å²) in [6.45, 7) is 10.2. The van der Waals surface area contributed by atoms with Crippen molar-refractivity contribution in [3.63, 3.8) is 0 Å². The average Bonchev–Trinajstić information content (AvgIpc) is 2.74. The highest BCUT2D eigenvalue weighted by atomic mass is 16.5. The summed E-state index contributed by atoms with van der Waals surface area (Å²) in [5.41, 5.74) is 13.1. The molecule has 3 aromatic rings. The predicted molar refractivity (Wildman–Crippen MR) is 131 cm³/mol. The molecule has 162 valence electrons. The summed E-state index contributed by atoms with van der Waals surface area (Å²) in [6, 6.07) is 16.7. The number of benzene rings is 2. The second-order valence-electron chi connectivity index (χ2n) is 8.81. The van der Waals surface area contributed by atoms with Gasteiger partial charge in [-0.2, -0.15) is 0 Å². The Labute approximate surface area is 185 Å². The molecule has 0 saturated carbocycles. The predicted octanol–water partition coefficient (Wildman–Crippen LogP) is 5.81. The lowest BCUT2D eigenvalue weighted by Gasteiger charge is -2.28. The molecule has 0 amide bonds. The molecule has 0 aliphatic carbocycles. The molecule has 1 aliphatic heterocycles. The second kappa shape index (κ2) is 9.52. The number of ether oxygens (including phenoxy) is 1. The van der Waals surface area contributed by atoms with Gasteiger partial charge in [0.25, 0.3) is 0 Å². The summed E-state index contributed by atoms with van der Waals surface area (Å²) in [7, 11) is 0. The standard InChI is InChI=1S/C27H33N3O/c1-19(2)23-10-8-22(18-25(23)28)17-21-11-13-30(14-12-21)15-16-31-27-6-4-5-26-24(27)9-7-20(3)29-26/h4-10,17-19H,11-16,28H2,1-3H3. The van der Waals surface area contributed by atoms with Gasteiger partial charge in [0.1, 0.15) is 12.4 Å². The third-order valence-corrected chi connectivity index (χ3v) is 6.10. The Bertz CT molecular complexity index is 1080. The summed E-state index contributed by atoms with van der Waals surface area (Å²) < 4.78 is 6.12. The Morgan fingerprint density at radius 1 is 1.10 bits per heavy atom. The minimum Gasteiger partial charge on any atom is -0.492 e. The van der Waals surface area contributed by atoms with Gasteiger partial charge in [0.15, 0.2) is 0 Å². The molecular weight excluding hydrogens is 382 g/mol. The molecule has 2 aromatic carbocycles. The third-order valence-electron chi connectivity index (χ3n) is 6.10. The van der Waals surface area contributed by atoms with Crippen molar-refractivity contribution in [1.29, 1.82) is 0 Å². The van der Waals surface area contributed by atoms with Crippen LogP contribution in [0, 0.1) is 6.92 Å². The molecule has 31 heavy (non-hydrogen) atoms. The average molecular weight is 416 g/mol. The summed E-state index contributed by atoms with van der Waals surface area (Å²) in [6.07, 6.45) is 4.52. The van der Waals surface area contributed by atoms with E-state index in [-0.39, 0.29) is 0 Å². The van der Waals surface area contributed by atoms with Crippen LogP contribution in [0.25, 0.3) is 17.0 Å². The number of anilines is 1. The van der Waals surface area contributed by atoms with Gasteiger partial charge >= 0.3 is 0 Å². The summed E-state index contributed by atoms with van der Waals surface area (Å²) in [4.78, 5) is 7.08. The maximum absolute atomic E-state index is 6.24. The fourth-order valence-corrected chi connectivity index (χ4v) is 4.29. The minimum atomic E-state index is 0.460. The van der Waals surface area contributed by atoms with E-state index in [9.17, 15) is 0 Å². The van der Waals surface area contributed by atoms with Crippen molar-refractivity contribution in [2.45, 2.75) is 39.5 Å². The Morgan fingerprint density at radius 2 is 1.90 bits per heavy atom. The molecule has 1 saturated heterocycles. The quantitative estimate of drug-likeness (QED) is 0.516. The van der Waals surface area contributed by atoms with Gasteiger partial charge in [0.2, 0.25) is 0 Å². The van der Waals surface area contributed by atoms with Crippen LogP contribution in [0.2, 0.25) is 0 Å². The molecule has 1 aliphatic rings. The zero-order valence-corrected chi connectivity index (χ0v) is 18.9. The molecule has 1 aromatic heterocycles. The summed E-state index contributed by atoms with van der Waals surface area (Å²) >= 11 is 0. The number of fused-ring (bicyclic) bond motifs is 1. The molecular formula is C27H33N3O. The number of pyridine rings is 1. The third kappa shape index (κ3) is 5.26. The van der Waals surface area contributed by atoms with Crippen LogP contribution in [-0.4, -0.2) is 36.1 Å². The molecule has 4 rings (SSSR count). The number of piperidine rings is 1. The highest BCUT2D eigenvalue weighted by molar-refractivity contribution is 5.85. The largest absolute Gasteiger partial charge is 0.492 e. The second-order valence-corrected chi connectivity index (χ2v) is 8.81. The zero-order chi connectivity index (χ0) is 21.8. The Morgan fingerprint density at radius 3 is 2.65 bits per heavy atom. The van der Waals surface area contributed by atoms with Crippen molar-refractivity contribution < 1.29 is 4.74 Å². The van der Waals surface area contributed by atoms with Crippen LogP contribution in [0.1, 0.15) is 49.4 Å². The molecule has 0 atom stereocenters. The van der Waals surface area contributed by atoms with Crippen LogP contribution < -0.4 is 10.5 Å². The van der Waals surface area contributed by atoms with E-state index in [1.54, 1.807) is 0 Å². The van der Waals surface area contributed by atoms with Crippen molar-refractivity contribution in [3.8, 4) is 5.75 Å². The first-order chi connectivity index (χ1) is 15.0. The van der Waals surface area contributed by atoms with Crippen molar-refractivity contribution in [1.82, 2.24) is 9.88 Å². The van der Waals surface area contributed by atoms with Crippen molar-refractivity contribution in [2.24, 2.45) is 0 Å². The fourth-order valence-electron chi connectivity index (χ4n) is 4.29. The lowest BCUT2D eigenvalue weighted by atomic mass is 9.97. The molecule has 2 N–H and O–H groups in total. The monoisotopic (exact) mass is 415 g/mol. The number of likely N-dealkylation sites (tertiary alicyclic amines) is 1. The van der Waals surface area contributed by atoms with E-state index in [1.165, 1.54) is 16.7 Å². The summed E-state index contributed by atoms with van der Waals surface area (Å²) in [5.74, 6) is 1.38. The lowest BCUT2D eigenvalue weighted by Crippen LogP contribution is -2.34. The first kappa shape index (κ1) is 21.4. The lowest BCUT2D eigenvalue weighted by molar-refractivity contribution is 0.200. The van der Waals surface area contributed by atoms with E-state index >= 15 is 0 Å². The molecule has 2 heterocycles. The normalized spacial score (nSPS) is 14.9. The van der Waals surface area contributed by atoms with Crippen LogP contribution in [0.15, 0.2) is 54.1 Å². The van der Waals surface area contributed by atoms with Crippen LogP contribution in [0.4, 0.5) is 5.69 Å². The fraction of sp³-hybridized carbons (Fsp3) is 0.370. The van der Waals surface area contributed by atoms with Gasteiger partial charge < -0.3 is 10.5 Å². The number of rotatable bonds is 6. The number of aromatic nitrogens is 1. The van der Waals surface area contributed by atoms with Crippen LogP contribution >= 0.6 is 0 Å². The van der Waals surface area contributed by atoms with E-state index in [0.29, 0.717) is 12.5 Å². The molecule has 4 heteroatoms. The van der Waals surface area contributed by atoms with E-state index < -0.39 is 0 Å². The van der Waals surface area contributed by atoms with Gasteiger partial charge in [-0.25, -0.2) is 0 Å². The number of nitrogens with two attached hydrogens (primary N) is 1. The van der Waals surface area contributed by atoms with Gasteiger partial charge in [-0.15, -0.1) is 0 Å². The first-order valence-corrected chi connectivity index (χ1v) is 11.3. The Hall–Kier alpha value is -2.85. The number of aryl methyl sites for hydroxylation is 1. The maximum atomic E-state index is 6.24. The van der Waals surface area contributed by atoms with E-state index in [4.69, 9.17) is 10.5 Å². The SMILES string of the molecule is Cc1ccc2c(OCCN3CCC(=Cc4ccc(C(C)C)c(N)c4)CC3)cccc2n1. The Balaban J connectivity index is 1.29. The van der Waals surface area contributed by atoms with Crippen LogP contribution in [0.5, 0.6) is 5.75 Å². The smallest absolute Gasteiger partial charge is 0.128 e. The molecule has 4 nitrogen and oxygen atoms in total. The van der Waals surface area contributed by atoms with E-state index in [2.05, 4.69) is 54.1 Å². The number of hydrogen-bond donors (Lipinski definition) is 1.